The molecule has 3 rings (SSSR count). The van der Waals surface area contributed by atoms with Crippen molar-refractivity contribution in [2.75, 3.05) is 13.1 Å². The normalized spacial score (nSPS) is 17.1. The summed E-state index contributed by atoms with van der Waals surface area (Å²) >= 11 is 0. The molecule has 29 heavy (non-hydrogen) atoms. The molecule has 2 aromatic carbocycles. The van der Waals surface area contributed by atoms with E-state index in [-0.39, 0.29) is 24.9 Å². The molecule has 1 atom stereocenters. The second kappa shape index (κ2) is 8.63. The maximum absolute atomic E-state index is 13.0. The van der Waals surface area contributed by atoms with Crippen LogP contribution >= 0.6 is 0 Å². The number of alkyl halides is 3. The summed E-state index contributed by atoms with van der Waals surface area (Å²) in [4.78, 5) is 26.6. The topological polar surface area (TPSA) is 49.4 Å². The van der Waals surface area contributed by atoms with Gasteiger partial charge in [-0.25, -0.2) is 4.39 Å². The Hall–Kier alpha value is -2.90. The summed E-state index contributed by atoms with van der Waals surface area (Å²) in [5, 5.41) is 2.66. The van der Waals surface area contributed by atoms with E-state index in [1.807, 2.05) is 0 Å². The number of piperidine rings is 1. The van der Waals surface area contributed by atoms with Crippen molar-refractivity contribution in [1.82, 2.24) is 10.2 Å². The molecule has 1 heterocycles. The monoisotopic (exact) mass is 408 g/mol. The Kier molecular flexibility index (Phi) is 6.20. The van der Waals surface area contributed by atoms with Gasteiger partial charge in [0.1, 0.15) is 5.82 Å². The van der Waals surface area contributed by atoms with E-state index < -0.39 is 23.5 Å². The first-order chi connectivity index (χ1) is 13.7. The van der Waals surface area contributed by atoms with Crippen LogP contribution in [-0.2, 0) is 17.5 Å². The largest absolute Gasteiger partial charge is 0.416 e. The Balaban J connectivity index is 1.58. The van der Waals surface area contributed by atoms with E-state index in [0.29, 0.717) is 30.5 Å². The summed E-state index contributed by atoms with van der Waals surface area (Å²) < 4.78 is 51.4. The molecular weight excluding hydrogens is 388 g/mol. The lowest BCUT2D eigenvalue weighted by Gasteiger charge is -2.32. The van der Waals surface area contributed by atoms with Gasteiger partial charge in [-0.05, 0) is 54.8 Å². The Morgan fingerprint density at radius 1 is 1.10 bits per heavy atom. The third kappa shape index (κ3) is 5.34. The molecule has 0 radical (unpaired) electrons. The van der Waals surface area contributed by atoms with Crippen molar-refractivity contribution in [2.24, 2.45) is 5.92 Å². The third-order valence-corrected chi connectivity index (χ3v) is 4.89. The number of hydrogen-bond acceptors (Lipinski definition) is 2. The van der Waals surface area contributed by atoms with Crippen molar-refractivity contribution in [3.8, 4) is 0 Å². The van der Waals surface area contributed by atoms with Crippen LogP contribution in [0.5, 0.6) is 0 Å². The van der Waals surface area contributed by atoms with Crippen LogP contribution in [0.15, 0.2) is 48.5 Å². The number of nitrogens with one attached hydrogen (secondary N) is 1. The molecule has 0 saturated carbocycles. The van der Waals surface area contributed by atoms with Crippen molar-refractivity contribution in [3.63, 3.8) is 0 Å². The number of rotatable bonds is 4. The van der Waals surface area contributed by atoms with E-state index in [1.54, 1.807) is 4.90 Å². The number of nitrogens with zero attached hydrogens (tertiary/aromatic N) is 1. The highest BCUT2D eigenvalue weighted by Crippen LogP contribution is 2.29. The molecule has 154 valence electrons. The molecule has 1 N–H and O–H groups in total. The number of amides is 2. The highest BCUT2D eigenvalue weighted by molar-refractivity contribution is 5.94. The highest BCUT2D eigenvalue weighted by atomic mass is 19.4. The lowest BCUT2D eigenvalue weighted by molar-refractivity contribution is -0.137. The number of halogens is 4. The molecule has 4 nitrogen and oxygen atoms in total. The lowest BCUT2D eigenvalue weighted by Crippen LogP contribution is -2.45. The quantitative estimate of drug-likeness (QED) is 0.778. The Morgan fingerprint density at radius 2 is 1.83 bits per heavy atom. The van der Waals surface area contributed by atoms with Crippen LogP contribution in [0.2, 0.25) is 0 Å². The molecule has 1 fully saturated rings. The maximum atomic E-state index is 13.0. The smallest absolute Gasteiger partial charge is 0.352 e. The summed E-state index contributed by atoms with van der Waals surface area (Å²) in [6.45, 7) is 0.684. The number of benzene rings is 2. The molecule has 2 aromatic rings. The zero-order valence-corrected chi connectivity index (χ0v) is 15.5. The molecular formula is C21H20F4N2O2. The van der Waals surface area contributed by atoms with E-state index in [0.717, 1.165) is 12.1 Å². The molecule has 1 aliphatic rings. The van der Waals surface area contributed by atoms with Crippen molar-refractivity contribution in [3.05, 3.63) is 71.0 Å². The zero-order valence-electron chi connectivity index (χ0n) is 15.5. The molecule has 0 aromatic heterocycles. The fourth-order valence-electron chi connectivity index (χ4n) is 3.34. The third-order valence-electron chi connectivity index (χ3n) is 4.89. The summed E-state index contributed by atoms with van der Waals surface area (Å²) in [6, 6.07) is 10.0. The molecule has 1 saturated heterocycles. The van der Waals surface area contributed by atoms with Crippen LogP contribution in [0.25, 0.3) is 0 Å². The van der Waals surface area contributed by atoms with Gasteiger partial charge >= 0.3 is 6.18 Å². The van der Waals surface area contributed by atoms with Gasteiger partial charge in [-0.2, -0.15) is 13.2 Å². The predicted molar refractivity (Wildman–Crippen MR) is 98.3 cm³/mol. The van der Waals surface area contributed by atoms with E-state index in [1.165, 1.54) is 36.4 Å². The average molecular weight is 408 g/mol. The van der Waals surface area contributed by atoms with E-state index >= 15 is 0 Å². The second-order valence-corrected chi connectivity index (χ2v) is 7.01. The van der Waals surface area contributed by atoms with Crippen LogP contribution in [0, 0.1) is 11.7 Å². The first-order valence-corrected chi connectivity index (χ1v) is 9.23. The van der Waals surface area contributed by atoms with Crippen LogP contribution in [0.3, 0.4) is 0 Å². The van der Waals surface area contributed by atoms with Gasteiger partial charge in [0, 0.05) is 25.2 Å². The molecule has 1 unspecified atom stereocenters. The fourth-order valence-corrected chi connectivity index (χ4v) is 3.34. The summed E-state index contributed by atoms with van der Waals surface area (Å²) in [5.41, 5.74) is -0.0716. The van der Waals surface area contributed by atoms with Gasteiger partial charge in [-0.3, -0.25) is 9.59 Å². The van der Waals surface area contributed by atoms with Crippen LogP contribution in [0.4, 0.5) is 17.6 Å². The standard InChI is InChI=1S/C21H20F4N2O2/c22-18-8-6-15(7-9-18)20(29)27-10-2-4-16(13-27)19(28)26-12-14-3-1-5-17(11-14)21(23,24)25/h1,3,5-9,11,16H,2,4,10,12-13H2,(H,26,28). The summed E-state index contributed by atoms with van der Waals surface area (Å²) in [7, 11) is 0. The van der Waals surface area contributed by atoms with E-state index in [2.05, 4.69) is 5.32 Å². The van der Waals surface area contributed by atoms with E-state index in [9.17, 15) is 27.2 Å². The van der Waals surface area contributed by atoms with E-state index in [4.69, 9.17) is 0 Å². The lowest BCUT2D eigenvalue weighted by atomic mass is 9.96. The predicted octanol–water partition coefficient (Wildman–Crippen LogP) is 4.01. The fraction of sp³-hybridized carbons (Fsp3) is 0.333. The first kappa shape index (κ1) is 20.8. The minimum absolute atomic E-state index is 0.0227. The Labute approximate surface area is 165 Å². The number of likely N-dealkylation sites (tertiary alicyclic amines) is 1. The van der Waals surface area contributed by atoms with Gasteiger partial charge in [-0.15, -0.1) is 0 Å². The SMILES string of the molecule is O=C(NCc1cccc(C(F)(F)F)c1)C1CCCN(C(=O)c2ccc(F)cc2)C1. The van der Waals surface area contributed by atoms with Gasteiger partial charge in [-0.1, -0.05) is 12.1 Å². The second-order valence-electron chi connectivity index (χ2n) is 7.01. The average Bonchev–Trinajstić information content (AvgIpc) is 2.72. The Bertz CT molecular complexity index is 881. The van der Waals surface area contributed by atoms with Crippen LogP contribution in [0.1, 0.15) is 34.3 Å². The minimum atomic E-state index is -4.44. The van der Waals surface area contributed by atoms with Crippen LogP contribution in [-0.4, -0.2) is 29.8 Å². The molecule has 0 aliphatic carbocycles. The zero-order chi connectivity index (χ0) is 21.0. The van der Waals surface area contributed by atoms with Gasteiger partial charge < -0.3 is 10.2 Å². The molecule has 2 amide bonds. The van der Waals surface area contributed by atoms with Crippen molar-refractivity contribution < 1.29 is 27.2 Å². The van der Waals surface area contributed by atoms with Gasteiger partial charge in [0.05, 0.1) is 11.5 Å². The van der Waals surface area contributed by atoms with Gasteiger partial charge in [0.2, 0.25) is 5.91 Å². The van der Waals surface area contributed by atoms with Gasteiger partial charge in [0.15, 0.2) is 0 Å². The first-order valence-electron chi connectivity index (χ1n) is 9.23. The number of carbonyl (C=O) groups excluding carboxylic acids is 2. The summed E-state index contributed by atoms with van der Waals surface area (Å²) in [5.74, 6) is -1.47. The minimum Gasteiger partial charge on any atom is -0.352 e. The maximum Gasteiger partial charge on any atom is 0.416 e. The number of carbonyl (C=O) groups is 2. The molecule has 0 spiro atoms. The molecule has 0 bridgehead atoms. The molecule has 1 aliphatic heterocycles. The van der Waals surface area contributed by atoms with Crippen molar-refractivity contribution in [2.45, 2.75) is 25.6 Å². The van der Waals surface area contributed by atoms with Gasteiger partial charge in [0.25, 0.3) is 5.91 Å². The number of hydrogen-bond donors (Lipinski definition) is 1. The highest BCUT2D eigenvalue weighted by Gasteiger charge is 2.31. The van der Waals surface area contributed by atoms with Crippen molar-refractivity contribution >= 4 is 11.8 Å². The van der Waals surface area contributed by atoms with Crippen LogP contribution < -0.4 is 5.32 Å². The van der Waals surface area contributed by atoms with Crippen molar-refractivity contribution in [1.29, 1.82) is 0 Å². The Morgan fingerprint density at radius 3 is 2.52 bits per heavy atom. The molecule has 8 heteroatoms. The summed E-state index contributed by atoms with van der Waals surface area (Å²) in [6.07, 6.45) is -3.22.